The normalized spacial score (nSPS) is 49.7. The van der Waals surface area contributed by atoms with Gasteiger partial charge in [0, 0.05) is 6.61 Å². The van der Waals surface area contributed by atoms with E-state index in [9.17, 15) is 0 Å². The highest BCUT2D eigenvalue weighted by Gasteiger charge is 2.41. The molecule has 5 unspecified atom stereocenters. The van der Waals surface area contributed by atoms with Crippen LogP contribution in [0.1, 0.15) is 97.3 Å². The topological polar surface area (TPSA) is 9.23 Å². The molecule has 0 radical (unpaired) electrons. The van der Waals surface area contributed by atoms with Crippen LogP contribution < -0.4 is 0 Å². The molecule has 5 atom stereocenters. The highest BCUT2D eigenvalue weighted by molar-refractivity contribution is 4.91. The summed E-state index contributed by atoms with van der Waals surface area (Å²) < 4.78 is 21.2. The van der Waals surface area contributed by atoms with Crippen LogP contribution in [0, 0.1) is 41.4 Å². The summed E-state index contributed by atoms with van der Waals surface area (Å²) in [5, 5.41) is 0. The molecule has 3 saturated carbocycles. The molecule has 1 heterocycles. The lowest BCUT2D eigenvalue weighted by atomic mass is 9.64. The molecule has 1 saturated heterocycles. The SMILES string of the molecule is CC1CCC(C2CCC(C3CCC(C4CCC(C)CO4)CC3F)CC2)CC1. The summed E-state index contributed by atoms with van der Waals surface area (Å²) in [7, 11) is 0. The first-order valence-electron chi connectivity index (χ1n) is 12.4. The summed E-state index contributed by atoms with van der Waals surface area (Å²) in [6, 6.07) is 0. The first-order chi connectivity index (χ1) is 13.1. The molecule has 0 bridgehead atoms. The van der Waals surface area contributed by atoms with Crippen LogP contribution in [0.2, 0.25) is 0 Å². The zero-order chi connectivity index (χ0) is 18.8. The fourth-order valence-corrected chi connectivity index (χ4v) is 7.11. The third kappa shape index (κ3) is 4.90. The fraction of sp³-hybridized carbons (Fsp3) is 1.00. The quantitative estimate of drug-likeness (QED) is 0.505. The Hall–Kier alpha value is -0.110. The van der Waals surface area contributed by atoms with Gasteiger partial charge in [0.15, 0.2) is 0 Å². The van der Waals surface area contributed by atoms with Crippen LogP contribution in [0.5, 0.6) is 0 Å². The highest BCUT2D eigenvalue weighted by atomic mass is 19.1. The van der Waals surface area contributed by atoms with Crippen molar-refractivity contribution in [1.82, 2.24) is 0 Å². The standard InChI is InChI=1S/C25H43FO/c1-17-3-6-19(7-4-17)20-8-10-21(11-9-20)23-13-12-22(15-24(23)26)25-14-5-18(2)16-27-25/h17-25H,3-16H2,1-2H3. The van der Waals surface area contributed by atoms with Crippen molar-refractivity contribution in [1.29, 1.82) is 0 Å². The number of alkyl halides is 1. The van der Waals surface area contributed by atoms with E-state index in [4.69, 9.17) is 4.74 Å². The monoisotopic (exact) mass is 378 g/mol. The molecule has 27 heavy (non-hydrogen) atoms. The van der Waals surface area contributed by atoms with E-state index >= 15 is 4.39 Å². The molecular weight excluding hydrogens is 335 g/mol. The van der Waals surface area contributed by atoms with Gasteiger partial charge in [0.25, 0.3) is 0 Å². The van der Waals surface area contributed by atoms with Crippen molar-refractivity contribution in [2.24, 2.45) is 41.4 Å². The summed E-state index contributed by atoms with van der Waals surface area (Å²) in [5.41, 5.74) is 0. The second-order valence-electron chi connectivity index (χ2n) is 11.0. The molecule has 0 spiro atoms. The van der Waals surface area contributed by atoms with E-state index < -0.39 is 6.17 Å². The Morgan fingerprint density at radius 3 is 1.74 bits per heavy atom. The molecule has 1 aliphatic heterocycles. The Morgan fingerprint density at radius 1 is 0.593 bits per heavy atom. The largest absolute Gasteiger partial charge is 0.378 e. The first-order valence-corrected chi connectivity index (χ1v) is 12.4. The minimum Gasteiger partial charge on any atom is -0.378 e. The summed E-state index contributed by atoms with van der Waals surface area (Å²) in [6.45, 7) is 5.59. The predicted molar refractivity (Wildman–Crippen MR) is 110 cm³/mol. The number of hydrogen-bond donors (Lipinski definition) is 0. The van der Waals surface area contributed by atoms with Crippen molar-refractivity contribution in [3.8, 4) is 0 Å². The Kier molecular flexibility index (Phi) is 6.83. The van der Waals surface area contributed by atoms with Crippen LogP contribution in [-0.2, 0) is 4.74 Å². The Labute approximate surface area is 167 Å². The minimum absolute atomic E-state index is 0.352. The minimum atomic E-state index is -0.566. The fourth-order valence-electron chi connectivity index (χ4n) is 7.11. The summed E-state index contributed by atoms with van der Waals surface area (Å²) >= 11 is 0. The van der Waals surface area contributed by atoms with Gasteiger partial charge in [-0.3, -0.25) is 0 Å². The zero-order valence-electron chi connectivity index (χ0n) is 17.9. The third-order valence-electron chi connectivity index (χ3n) is 9.08. The van der Waals surface area contributed by atoms with E-state index in [0.29, 0.717) is 29.8 Å². The zero-order valence-corrected chi connectivity index (χ0v) is 17.9. The molecule has 4 aliphatic rings. The molecule has 0 aromatic carbocycles. The predicted octanol–water partition coefficient (Wildman–Crippen LogP) is 7.19. The lowest BCUT2D eigenvalue weighted by molar-refractivity contribution is -0.0700. The van der Waals surface area contributed by atoms with Crippen molar-refractivity contribution in [2.75, 3.05) is 6.61 Å². The molecule has 4 fully saturated rings. The van der Waals surface area contributed by atoms with Gasteiger partial charge in [-0.25, -0.2) is 4.39 Å². The Bertz CT molecular complexity index is 441. The van der Waals surface area contributed by atoms with E-state index in [-0.39, 0.29) is 0 Å². The van der Waals surface area contributed by atoms with Crippen LogP contribution >= 0.6 is 0 Å². The van der Waals surface area contributed by atoms with Crippen LogP contribution in [-0.4, -0.2) is 18.9 Å². The highest BCUT2D eigenvalue weighted by Crippen LogP contribution is 2.47. The lowest BCUT2D eigenvalue weighted by Crippen LogP contribution is -2.40. The number of ether oxygens (including phenoxy) is 1. The van der Waals surface area contributed by atoms with Gasteiger partial charge < -0.3 is 4.74 Å². The van der Waals surface area contributed by atoms with Crippen LogP contribution in [0.15, 0.2) is 0 Å². The maximum atomic E-state index is 15.2. The molecule has 0 aromatic rings. The Morgan fingerprint density at radius 2 is 1.15 bits per heavy atom. The average Bonchev–Trinajstić information content (AvgIpc) is 2.69. The smallest absolute Gasteiger partial charge is 0.104 e. The molecule has 0 N–H and O–H groups in total. The van der Waals surface area contributed by atoms with E-state index in [2.05, 4.69) is 13.8 Å². The number of rotatable bonds is 3. The summed E-state index contributed by atoms with van der Waals surface area (Å²) in [5.74, 6) is 5.12. The maximum absolute atomic E-state index is 15.2. The van der Waals surface area contributed by atoms with Crippen LogP contribution in [0.4, 0.5) is 4.39 Å². The first kappa shape index (κ1) is 20.2. The molecule has 0 aromatic heterocycles. The van der Waals surface area contributed by atoms with Crippen molar-refractivity contribution in [3.05, 3.63) is 0 Å². The number of halogens is 1. The molecule has 0 amide bonds. The van der Waals surface area contributed by atoms with Gasteiger partial charge >= 0.3 is 0 Å². The molecule has 2 heteroatoms. The number of hydrogen-bond acceptors (Lipinski definition) is 1. The van der Waals surface area contributed by atoms with Crippen molar-refractivity contribution in [3.63, 3.8) is 0 Å². The van der Waals surface area contributed by atoms with Gasteiger partial charge in [0.05, 0.1) is 6.10 Å². The van der Waals surface area contributed by atoms with Gasteiger partial charge in [-0.1, -0.05) is 26.7 Å². The van der Waals surface area contributed by atoms with E-state index in [0.717, 1.165) is 43.6 Å². The molecule has 156 valence electrons. The molecule has 1 nitrogen and oxygen atoms in total. The van der Waals surface area contributed by atoms with E-state index in [1.54, 1.807) is 0 Å². The van der Waals surface area contributed by atoms with E-state index in [1.165, 1.54) is 64.2 Å². The van der Waals surface area contributed by atoms with Gasteiger partial charge in [-0.05, 0) is 112 Å². The second-order valence-corrected chi connectivity index (χ2v) is 11.0. The van der Waals surface area contributed by atoms with Crippen molar-refractivity contribution in [2.45, 2.75) is 110 Å². The van der Waals surface area contributed by atoms with E-state index in [1.807, 2.05) is 0 Å². The van der Waals surface area contributed by atoms with Crippen molar-refractivity contribution < 1.29 is 9.13 Å². The summed E-state index contributed by atoms with van der Waals surface area (Å²) in [6.07, 6.45) is 16.6. The van der Waals surface area contributed by atoms with Gasteiger partial charge in [-0.2, -0.15) is 0 Å². The second kappa shape index (κ2) is 9.14. The van der Waals surface area contributed by atoms with Gasteiger partial charge in [0.1, 0.15) is 6.17 Å². The molecular formula is C25H43FO. The molecule has 3 aliphatic carbocycles. The van der Waals surface area contributed by atoms with Crippen LogP contribution in [0.3, 0.4) is 0 Å². The third-order valence-corrected chi connectivity index (χ3v) is 9.08. The lowest BCUT2D eigenvalue weighted by Gasteiger charge is -2.44. The average molecular weight is 379 g/mol. The summed E-state index contributed by atoms with van der Waals surface area (Å²) in [4.78, 5) is 0. The Balaban J connectivity index is 1.22. The van der Waals surface area contributed by atoms with Gasteiger partial charge in [-0.15, -0.1) is 0 Å². The van der Waals surface area contributed by atoms with Crippen LogP contribution in [0.25, 0.3) is 0 Å². The van der Waals surface area contributed by atoms with Crippen molar-refractivity contribution >= 4 is 0 Å². The maximum Gasteiger partial charge on any atom is 0.104 e. The molecule has 4 rings (SSSR count). The van der Waals surface area contributed by atoms with Gasteiger partial charge in [0.2, 0.25) is 0 Å².